The average Bonchev–Trinajstić information content (AvgIpc) is 2.84. The molecule has 0 saturated carbocycles. The van der Waals surface area contributed by atoms with Crippen molar-refractivity contribution in [2.75, 3.05) is 36.0 Å². The van der Waals surface area contributed by atoms with Crippen molar-refractivity contribution in [2.45, 2.75) is 18.9 Å². The monoisotopic (exact) mass is 429 g/mol. The summed E-state index contributed by atoms with van der Waals surface area (Å²) in [5, 5.41) is 3.17. The number of anilines is 2. The maximum absolute atomic E-state index is 14.5. The van der Waals surface area contributed by atoms with Gasteiger partial charge in [0.25, 0.3) is 0 Å². The van der Waals surface area contributed by atoms with E-state index in [1.54, 1.807) is 6.07 Å². The van der Waals surface area contributed by atoms with E-state index in [1.165, 1.54) is 22.9 Å². The summed E-state index contributed by atoms with van der Waals surface area (Å²) >= 11 is 0. The van der Waals surface area contributed by atoms with Gasteiger partial charge >= 0.3 is 0 Å². The number of amides is 1. The van der Waals surface area contributed by atoms with E-state index in [0.717, 1.165) is 19.5 Å². The van der Waals surface area contributed by atoms with Gasteiger partial charge in [0.05, 0.1) is 17.6 Å². The number of nitrogens with zero attached hydrogens (tertiary/aromatic N) is 2. The third kappa shape index (κ3) is 4.07. The van der Waals surface area contributed by atoms with Crippen LogP contribution in [0.1, 0.15) is 11.1 Å². The second-order valence-electron chi connectivity index (χ2n) is 8.62. The molecule has 0 spiro atoms. The number of fused-ring (bicyclic) bond motifs is 3. The van der Waals surface area contributed by atoms with Crippen LogP contribution in [0.15, 0.2) is 78.9 Å². The SMILES string of the molecule is O=C(NCCc1ccccc1)[C@@H]1Cc2ccccc2N2CCN(c3ccccc3F)C[C@@H]12. The number of para-hydroxylation sites is 2. The highest BCUT2D eigenvalue weighted by Gasteiger charge is 2.41. The topological polar surface area (TPSA) is 35.6 Å². The lowest BCUT2D eigenvalue weighted by molar-refractivity contribution is -0.125. The summed E-state index contributed by atoms with van der Waals surface area (Å²) < 4.78 is 14.5. The van der Waals surface area contributed by atoms with Crippen molar-refractivity contribution in [3.05, 3.63) is 95.8 Å². The molecule has 4 nitrogen and oxygen atoms in total. The molecule has 1 saturated heterocycles. The van der Waals surface area contributed by atoms with E-state index in [2.05, 4.69) is 45.4 Å². The van der Waals surface area contributed by atoms with Crippen molar-refractivity contribution in [3.8, 4) is 0 Å². The van der Waals surface area contributed by atoms with Gasteiger partial charge in [-0.25, -0.2) is 4.39 Å². The maximum Gasteiger partial charge on any atom is 0.225 e. The molecule has 1 fully saturated rings. The number of halogens is 1. The highest BCUT2D eigenvalue weighted by Crippen LogP contribution is 2.37. The molecular formula is C27H28FN3O. The first-order valence-corrected chi connectivity index (χ1v) is 11.4. The van der Waals surface area contributed by atoms with Crippen molar-refractivity contribution >= 4 is 17.3 Å². The first-order valence-electron chi connectivity index (χ1n) is 11.4. The van der Waals surface area contributed by atoms with Crippen molar-refractivity contribution < 1.29 is 9.18 Å². The molecule has 2 heterocycles. The molecule has 5 rings (SSSR count). The summed E-state index contributed by atoms with van der Waals surface area (Å²) in [5.74, 6) is -0.294. The van der Waals surface area contributed by atoms with E-state index in [-0.39, 0.29) is 23.7 Å². The van der Waals surface area contributed by atoms with Gasteiger partial charge < -0.3 is 15.1 Å². The summed E-state index contributed by atoms with van der Waals surface area (Å²) in [4.78, 5) is 17.8. The zero-order valence-corrected chi connectivity index (χ0v) is 18.1. The van der Waals surface area contributed by atoms with E-state index in [0.29, 0.717) is 25.2 Å². The van der Waals surface area contributed by atoms with Gasteiger partial charge in [-0.2, -0.15) is 0 Å². The molecule has 0 aliphatic carbocycles. The van der Waals surface area contributed by atoms with E-state index >= 15 is 0 Å². The van der Waals surface area contributed by atoms with Crippen molar-refractivity contribution in [1.29, 1.82) is 0 Å². The Balaban J connectivity index is 1.35. The number of benzene rings is 3. The quantitative estimate of drug-likeness (QED) is 0.665. The third-order valence-corrected chi connectivity index (χ3v) is 6.71. The van der Waals surface area contributed by atoms with Crippen molar-refractivity contribution in [3.63, 3.8) is 0 Å². The van der Waals surface area contributed by atoms with E-state index in [1.807, 2.05) is 36.4 Å². The van der Waals surface area contributed by atoms with Crippen LogP contribution in [0.5, 0.6) is 0 Å². The van der Waals surface area contributed by atoms with E-state index in [4.69, 9.17) is 0 Å². The minimum absolute atomic E-state index is 0.00924. The zero-order chi connectivity index (χ0) is 21.9. The second kappa shape index (κ2) is 9.03. The number of hydrogen-bond donors (Lipinski definition) is 1. The van der Waals surface area contributed by atoms with Crippen molar-refractivity contribution in [1.82, 2.24) is 5.32 Å². The Bertz CT molecular complexity index is 1090. The lowest BCUT2D eigenvalue weighted by Gasteiger charge is -2.49. The number of nitrogens with one attached hydrogen (secondary N) is 1. The van der Waals surface area contributed by atoms with Gasteiger partial charge in [0, 0.05) is 31.9 Å². The predicted octanol–water partition coefficient (Wildman–Crippen LogP) is 4.05. The highest BCUT2D eigenvalue weighted by atomic mass is 19.1. The van der Waals surface area contributed by atoms with Gasteiger partial charge in [-0.1, -0.05) is 60.7 Å². The molecule has 32 heavy (non-hydrogen) atoms. The number of carbonyl (C=O) groups excluding carboxylic acids is 1. The number of piperazine rings is 1. The fraction of sp³-hybridized carbons (Fsp3) is 0.296. The van der Waals surface area contributed by atoms with Crippen LogP contribution in [0.4, 0.5) is 15.8 Å². The minimum atomic E-state index is -0.207. The van der Waals surface area contributed by atoms with Gasteiger partial charge in [0.15, 0.2) is 0 Å². The molecule has 2 aliphatic rings. The number of carbonyl (C=O) groups is 1. The molecule has 5 heteroatoms. The summed E-state index contributed by atoms with van der Waals surface area (Å²) in [6, 6.07) is 25.5. The molecule has 1 amide bonds. The molecule has 1 N–H and O–H groups in total. The molecule has 2 atom stereocenters. The first kappa shape index (κ1) is 20.6. The summed E-state index contributed by atoms with van der Waals surface area (Å²) in [5.41, 5.74) is 4.26. The first-order chi connectivity index (χ1) is 15.7. The van der Waals surface area contributed by atoms with Crippen LogP contribution in [0, 0.1) is 11.7 Å². The zero-order valence-electron chi connectivity index (χ0n) is 18.1. The molecule has 0 aromatic heterocycles. The largest absolute Gasteiger partial charge is 0.365 e. The number of hydrogen-bond acceptors (Lipinski definition) is 3. The van der Waals surface area contributed by atoms with Crippen molar-refractivity contribution in [2.24, 2.45) is 5.92 Å². The average molecular weight is 430 g/mol. The smallest absolute Gasteiger partial charge is 0.225 e. The van der Waals surface area contributed by atoms with Crippen LogP contribution in [-0.4, -0.2) is 38.1 Å². The van der Waals surface area contributed by atoms with Crippen LogP contribution in [-0.2, 0) is 17.6 Å². The van der Waals surface area contributed by atoms with E-state index in [9.17, 15) is 9.18 Å². The molecule has 3 aromatic rings. The van der Waals surface area contributed by atoms with Crippen LogP contribution in [0.2, 0.25) is 0 Å². The maximum atomic E-state index is 14.5. The van der Waals surface area contributed by atoms with Crippen LogP contribution >= 0.6 is 0 Å². The van der Waals surface area contributed by atoms with Gasteiger partial charge in [-0.15, -0.1) is 0 Å². The molecule has 0 unspecified atom stereocenters. The van der Waals surface area contributed by atoms with E-state index < -0.39 is 0 Å². The molecule has 0 radical (unpaired) electrons. The van der Waals surface area contributed by atoms with Crippen LogP contribution in [0.25, 0.3) is 0 Å². The Labute approximate surface area is 188 Å². The molecule has 0 bridgehead atoms. The minimum Gasteiger partial charge on any atom is -0.365 e. The number of rotatable bonds is 5. The Morgan fingerprint density at radius 2 is 1.62 bits per heavy atom. The van der Waals surface area contributed by atoms with Gasteiger partial charge in [-0.3, -0.25) is 4.79 Å². The predicted molar refractivity (Wildman–Crippen MR) is 127 cm³/mol. The summed E-state index contributed by atoms with van der Waals surface area (Å²) in [6.45, 7) is 2.74. The fourth-order valence-corrected chi connectivity index (χ4v) is 5.09. The summed E-state index contributed by atoms with van der Waals surface area (Å²) in [7, 11) is 0. The standard InChI is InChI=1S/C27H28FN3O/c28-23-11-5-7-13-25(23)30-16-17-31-24-12-6-4-10-21(24)18-22(26(31)19-30)27(32)29-15-14-20-8-2-1-3-9-20/h1-13,22,26H,14-19H2,(H,29,32)/t22-,26+/m1/s1. The highest BCUT2D eigenvalue weighted by molar-refractivity contribution is 5.82. The van der Waals surface area contributed by atoms with Crippen LogP contribution < -0.4 is 15.1 Å². The Morgan fingerprint density at radius 3 is 2.44 bits per heavy atom. The Kier molecular flexibility index (Phi) is 5.80. The van der Waals surface area contributed by atoms with Gasteiger partial charge in [-0.05, 0) is 42.2 Å². The third-order valence-electron chi connectivity index (χ3n) is 6.71. The molecule has 164 valence electrons. The normalized spacial score (nSPS) is 19.8. The van der Waals surface area contributed by atoms with Crippen LogP contribution in [0.3, 0.4) is 0 Å². The lowest BCUT2D eigenvalue weighted by atomic mass is 9.83. The summed E-state index contributed by atoms with van der Waals surface area (Å²) in [6.07, 6.45) is 1.52. The van der Waals surface area contributed by atoms with Gasteiger partial charge in [0.2, 0.25) is 5.91 Å². The Morgan fingerprint density at radius 1 is 0.906 bits per heavy atom. The molecular weight excluding hydrogens is 401 g/mol. The Hall–Kier alpha value is -3.34. The lowest BCUT2D eigenvalue weighted by Crippen LogP contribution is -2.61. The molecule has 2 aliphatic heterocycles. The second-order valence-corrected chi connectivity index (χ2v) is 8.62. The molecule has 3 aromatic carbocycles. The fourth-order valence-electron chi connectivity index (χ4n) is 5.09. The van der Waals surface area contributed by atoms with Gasteiger partial charge in [0.1, 0.15) is 5.82 Å².